The van der Waals surface area contributed by atoms with Gasteiger partial charge in [-0.1, -0.05) is 26.0 Å². The fourth-order valence-corrected chi connectivity index (χ4v) is 4.58. The Morgan fingerprint density at radius 1 is 1.25 bits per heavy atom. The highest BCUT2D eigenvalue weighted by Crippen LogP contribution is 2.51. The van der Waals surface area contributed by atoms with Crippen molar-refractivity contribution in [3.63, 3.8) is 0 Å². The Bertz CT molecular complexity index is 713. The number of sulfonamides is 1. The number of rotatable bonds is 6. The Hall–Kier alpha value is -1.44. The average Bonchev–Trinajstić information content (AvgIpc) is 2.53. The Morgan fingerprint density at radius 3 is 2.29 bits per heavy atom. The third-order valence-corrected chi connectivity index (χ3v) is 6.76. The molecule has 1 fully saturated rings. The zero-order valence-electron chi connectivity index (χ0n) is 14.8. The van der Waals surface area contributed by atoms with Gasteiger partial charge in [-0.2, -0.15) is 0 Å². The van der Waals surface area contributed by atoms with Gasteiger partial charge in [0.15, 0.2) is 0 Å². The first-order valence-electron chi connectivity index (χ1n) is 7.91. The number of hydrogen-bond donors (Lipinski definition) is 2. The summed E-state index contributed by atoms with van der Waals surface area (Å²) in [5, 5.41) is 2.53. The Labute approximate surface area is 144 Å². The topological polar surface area (TPSA) is 84.5 Å². The molecule has 1 aliphatic rings. The van der Waals surface area contributed by atoms with Gasteiger partial charge in [-0.15, -0.1) is 0 Å². The molecule has 7 heteroatoms. The van der Waals surface area contributed by atoms with Crippen molar-refractivity contribution in [2.75, 3.05) is 14.2 Å². The molecule has 134 valence electrons. The highest BCUT2D eigenvalue weighted by molar-refractivity contribution is 7.88. The van der Waals surface area contributed by atoms with E-state index < -0.39 is 10.0 Å². The number of amides is 1. The van der Waals surface area contributed by atoms with Gasteiger partial charge < -0.3 is 10.1 Å². The van der Waals surface area contributed by atoms with Gasteiger partial charge in [-0.3, -0.25) is 4.79 Å². The molecule has 24 heavy (non-hydrogen) atoms. The summed E-state index contributed by atoms with van der Waals surface area (Å²) in [4.78, 5) is 11.5. The number of methoxy groups -OCH3 is 1. The van der Waals surface area contributed by atoms with Crippen molar-refractivity contribution in [2.45, 2.75) is 44.6 Å². The molecule has 1 aliphatic carbocycles. The molecular formula is C17H26N2O4S. The van der Waals surface area contributed by atoms with E-state index in [0.29, 0.717) is 17.5 Å². The molecule has 0 saturated heterocycles. The van der Waals surface area contributed by atoms with E-state index in [4.69, 9.17) is 4.74 Å². The summed E-state index contributed by atoms with van der Waals surface area (Å²) < 4.78 is 33.2. The molecule has 1 saturated carbocycles. The lowest BCUT2D eigenvalue weighted by molar-refractivity contribution is -0.175. The zero-order valence-corrected chi connectivity index (χ0v) is 15.7. The first-order chi connectivity index (χ1) is 11.0. The summed E-state index contributed by atoms with van der Waals surface area (Å²) >= 11 is 0. The van der Waals surface area contributed by atoms with Crippen LogP contribution >= 0.6 is 0 Å². The van der Waals surface area contributed by atoms with Crippen molar-refractivity contribution < 1.29 is 17.9 Å². The second kappa shape index (κ2) is 6.46. The van der Waals surface area contributed by atoms with Gasteiger partial charge in [0.2, 0.25) is 10.0 Å². The summed E-state index contributed by atoms with van der Waals surface area (Å²) in [7, 11) is -0.261. The molecular weight excluding hydrogens is 328 g/mol. The standard InChI is InChI=1S/C17H26N2O4S/c1-16(2)14(10-17(16,3)23-5)19-24(21,22)11-12-6-8-13(9-7-12)15(20)18-4/h6-9,14,19H,10-11H2,1-5H3,(H,18,20). The van der Waals surface area contributed by atoms with Crippen LogP contribution in [0.5, 0.6) is 0 Å². The van der Waals surface area contributed by atoms with Crippen LogP contribution < -0.4 is 10.0 Å². The van der Waals surface area contributed by atoms with E-state index in [1.807, 2.05) is 20.8 Å². The lowest BCUT2D eigenvalue weighted by Gasteiger charge is -2.58. The molecule has 2 rings (SSSR count). The van der Waals surface area contributed by atoms with Crippen LogP contribution in [0.1, 0.15) is 43.1 Å². The maximum Gasteiger partial charge on any atom is 0.251 e. The first kappa shape index (κ1) is 18.9. The molecule has 1 amide bonds. The lowest BCUT2D eigenvalue weighted by atomic mass is 9.56. The largest absolute Gasteiger partial charge is 0.378 e. The first-order valence-corrected chi connectivity index (χ1v) is 9.56. The van der Waals surface area contributed by atoms with Crippen molar-refractivity contribution >= 4 is 15.9 Å². The average molecular weight is 354 g/mol. The van der Waals surface area contributed by atoms with Gasteiger partial charge in [0.05, 0.1) is 11.4 Å². The van der Waals surface area contributed by atoms with E-state index in [0.717, 1.165) is 0 Å². The molecule has 2 unspecified atom stereocenters. The van der Waals surface area contributed by atoms with Crippen molar-refractivity contribution in [1.29, 1.82) is 0 Å². The number of ether oxygens (including phenoxy) is 1. The third-order valence-electron chi connectivity index (χ3n) is 5.40. The fourth-order valence-electron chi connectivity index (χ4n) is 3.06. The van der Waals surface area contributed by atoms with E-state index in [2.05, 4.69) is 10.0 Å². The minimum Gasteiger partial charge on any atom is -0.378 e. The van der Waals surface area contributed by atoms with Crippen LogP contribution in [-0.4, -0.2) is 40.1 Å². The smallest absolute Gasteiger partial charge is 0.251 e. The minimum absolute atomic E-state index is 0.114. The molecule has 6 nitrogen and oxygen atoms in total. The number of nitrogens with one attached hydrogen (secondary N) is 2. The van der Waals surface area contributed by atoms with E-state index in [9.17, 15) is 13.2 Å². The van der Waals surface area contributed by atoms with Crippen molar-refractivity contribution in [3.05, 3.63) is 35.4 Å². The van der Waals surface area contributed by atoms with Gasteiger partial charge in [-0.05, 0) is 31.0 Å². The van der Waals surface area contributed by atoms with E-state index >= 15 is 0 Å². The number of carbonyl (C=O) groups excluding carboxylic acids is 1. The second-order valence-electron chi connectivity index (χ2n) is 7.07. The molecule has 2 atom stereocenters. The molecule has 2 N–H and O–H groups in total. The van der Waals surface area contributed by atoms with Gasteiger partial charge in [-0.25, -0.2) is 13.1 Å². The number of carbonyl (C=O) groups is 1. The Kier molecular flexibility index (Phi) is 5.09. The fraction of sp³-hybridized carbons (Fsp3) is 0.588. The predicted molar refractivity (Wildman–Crippen MR) is 93.2 cm³/mol. The summed E-state index contributed by atoms with van der Waals surface area (Å²) in [5.74, 6) is -0.310. The Morgan fingerprint density at radius 2 is 1.83 bits per heavy atom. The zero-order chi connectivity index (χ0) is 18.2. The molecule has 0 aromatic heterocycles. The molecule has 1 aromatic rings. The normalized spacial score (nSPS) is 25.8. The maximum absolute atomic E-state index is 12.4. The highest BCUT2D eigenvalue weighted by Gasteiger charge is 2.58. The third kappa shape index (κ3) is 3.48. The lowest BCUT2D eigenvalue weighted by Crippen LogP contribution is -2.68. The van der Waals surface area contributed by atoms with Crippen LogP contribution in [0, 0.1) is 5.41 Å². The van der Waals surface area contributed by atoms with Gasteiger partial charge in [0.25, 0.3) is 5.91 Å². The molecule has 0 bridgehead atoms. The van der Waals surface area contributed by atoms with E-state index in [1.54, 1.807) is 38.4 Å². The van der Waals surface area contributed by atoms with Crippen molar-refractivity contribution in [3.8, 4) is 0 Å². The molecule has 1 aromatic carbocycles. The van der Waals surface area contributed by atoms with Crippen LogP contribution in [0.15, 0.2) is 24.3 Å². The van der Waals surface area contributed by atoms with Crippen LogP contribution in [0.3, 0.4) is 0 Å². The monoisotopic (exact) mass is 354 g/mol. The van der Waals surface area contributed by atoms with Crippen LogP contribution in [0.2, 0.25) is 0 Å². The SMILES string of the molecule is CNC(=O)c1ccc(CS(=O)(=O)NC2CC(C)(OC)C2(C)C)cc1. The summed E-state index contributed by atoms with van der Waals surface area (Å²) in [6.07, 6.45) is 0.644. The molecule has 0 aliphatic heterocycles. The van der Waals surface area contributed by atoms with Crippen LogP contribution in [0.4, 0.5) is 0 Å². The van der Waals surface area contributed by atoms with E-state index in [1.165, 1.54) is 0 Å². The summed E-state index contributed by atoms with van der Waals surface area (Å²) in [6.45, 7) is 6.01. The highest BCUT2D eigenvalue weighted by atomic mass is 32.2. The van der Waals surface area contributed by atoms with Crippen molar-refractivity contribution in [2.24, 2.45) is 5.41 Å². The second-order valence-corrected chi connectivity index (χ2v) is 8.82. The predicted octanol–water partition coefficient (Wildman–Crippen LogP) is 1.67. The molecule has 0 heterocycles. The van der Waals surface area contributed by atoms with Crippen LogP contribution in [-0.2, 0) is 20.5 Å². The number of hydrogen-bond acceptors (Lipinski definition) is 4. The number of benzene rings is 1. The Balaban J connectivity index is 2.04. The summed E-state index contributed by atoms with van der Waals surface area (Å²) in [5.41, 5.74) is 0.539. The van der Waals surface area contributed by atoms with Gasteiger partial charge in [0, 0.05) is 31.2 Å². The summed E-state index contributed by atoms with van der Waals surface area (Å²) in [6, 6.07) is 6.42. The minimum atomic E-state index is -3.47. The van der Waals surface area contributed by atoms with Crippen molar-refractivity contribution in [1.82, 2.24) is 10.0 Å². The molecule has 0 spiro atoms. The molecule has 0 radical (unpaired) electrons. The maximum atomic E-state index is 12.4. The van der Waals surface area contributed by atoms with Gasteiger partial charge in [0.1, 0.15) is 0 Å². The van der Waals surface area contributed by atoms with Crippen LogP contribution in [0.25, 0.3) is 0 Å². The van der Waals surface area contributed by atoms with Gasteiger partial charge >= 0.3 is 0 Å². The van der Waals surface area contributed by atoms with E-state index in [-0.39, 0.29) is 28.7 Å². The quantitative estimate of drug-likeness (QED) is 0.814.